The lowest BCUT2D eigenvalue weighted by Gasteiger charge is -2.60. The van der Waals surface area contributed by atoms with E-state index in [1.54, 1.807) is 0 Å². The second-order valence-electron chi connectivity index (χ2n) is 8.69. The van der Waals surface area contributed by atoms with E-state index >= 15 is 0 Å². The number of hydrogen-bond donors (Lipinski definition) is 3. The van der Waals surface area contributed by atoms with E-state index < -0.39 is 0 Å². The molecule has 1 heterocycles. The third-order valence-corrected chi connectivity index (χ3v) is 8.98. The smallest absolute Gasteiger partial charge is 0.161 e. The first kappa shape index (κ1) is 16.4. The van der Waals surface area contributed by atoms with Crippen LogP contribution in [0.1, 0.15) is 54.9 Å². The Bertz CT molecular complexity index is 707. The van der Waals surface area contributed by atoms with Crippen molar-refractivity contribution in [3.05, 3.63) is 22.8 Å². The molecule has 4 saturated carbocycles. The van der Waals surface area contributed by atoms with Crippen molar-refractivity contribution in [1.29, 1.82) is 0 Å². The van der Waals surface area contributed by atoms with Crippen LogP contribution >= 0.6 is 15.9 Å². The van der Waals surface area contributed by atoms with Gasteiger partial charge in [-0.1, -0.05) is 15.9 Å². The molecule has 4 fully saturated rings. The topological polar surface area (TPSA) is 75.7 Å². The number of halogens is 1. The van der Waals surface area contributed by atoms with E-state index in [9.17, 15) is 10.2 Å². The third-order valence-electron chi connectivity index (χ3n) is 7.35. The lowest BCUT2D eigenvalue weighted by atomic mass is 9.47. The lowest BCUT2D eigenvalue weighted by molar-refractivity contribution is -0.000852. The normalized spacial score (nSPS) is 41.8. The predicted molar refractivity (Wildman–Crippen MR) is 99.2 cm³/mol. The summed E-state index contributed by atoms with van der Waals surface area (Å²) in [5.74, 6) is 2.34. The van der Waals surface area contributed by atoms with Crippen molar-refractivity contribution >= 4 is 15.9 Å². The van der Waals surface area contributed by atoms with Crippen LogP contribution in [0.5, 0.6) is 11.5 Å². The molecule has 4 N–H and O–H groups in total. The van der Waals surface area contributed by atoms with Crippen LogP contribution in [-0.2, 0) is 16.6 Å². The van der Waals surface area contributed by atoms with Gasteiger partial charge in [0.05, 0.1) is 12.7 Å². The minimum Gasteiger partial charge on any atom is -0.504 e. The maximum atomic E-state index is 10.5. The second-order valence-corrected chi connectivity index (χ2v) is 9.68. The quantitative estimate of drug-likeness (QED) is 0.517. The number of nitrogens with two attached hydrogens (primary N) is 1. The summed E-state index contributed by atoms with van der Waals surface area (Å²) in [6.07, 6.45) is 6.82. The number of ether oxygens (including phenoxy) is 1. The van der Waals surface area contributed by atoms with Crippen LogP contribution in [0.3, 0.4) is 0 Å². The molecule has 1 aliphatic heterocycles. The van der Waals surface area contributed by atoms with Gasteiger partial charge in [-0.25, -0.2) is 0 Å². The van der Waals surface area contributed by atoms with E-state index in [1.807, 2.05) is 6.07 Å². The average Bonchev–Trinajstić information content (AvgIpc) is 2.61. The molecule has 5 aliphatic rings. The van der Waals surface area contributed by atoms with Gasteiger partial charge < -0.3 is 20.7 Å². The Balaban J connectivity index is 1.73. The van der Waals surface area contributed by atoms with Gasteiger partial charge in [0, 0.05) is 22.4 Å². The number of hydrogen-bond acceptors (Lipinski definition) is 4. The summed E-state index contributed by atoms with van der Waals surface area (Å²) >= 11 is 4.07. The summed E-state index contributed by atoms with van der Waals surface area (Å²) < 4.78 is 5.95. The van der Waals surface area contributed by atoms with E-state index in [0.29, 0.717) is 24.4 Å². The Morgan fingerprint density at radius 2 is 1.92 bits per heavy atom. The molecule has 0 radical (unpaired) electrons. The van der Waals surface area contributed by atoms with E-state index in [1.165, 1.54) is 37.7 Å². The van der Waals surface area contributed by atoms with Gasteiger partial charge in [-0.3, -0.25) is 0 Å². The molecular formula is C20H26BrNO3. The van der Waals surface area contributed by atoms with Crippen molar-refractivity contribution in [3.63, 3.8) is 0 Å². The Morgan fingerprint density at radius 1 is 1.20 bits per heavy atom. The van der Waals surface area contributed by atoms with Crippen LogP contribution in [0, 0.1) is 17.8 Å². The molecule has 0 aromatic heterocycles. The van der Waals surface area contributed by atoms with E-state index in [0.717, 1.165) is 28.9 Å². The zero-order valence-corrected chi connectivity index (χ0v) is 16.0. The first-order valence-corrected chi connectivity index (χ1v) is 10.5. The zero-order chi connectivity index (χ0) is 17.3. The maximum absolute atomic E-state index is 10.5. The second kappa shape index (κ2) is 5.61. The van der Waals surface area contributed by atoms with Gasteiger partial charge in [0.25, 0.3) is 0 Å². The summed E-state index contributed by atoms with van der Waals surface area (Å²) in [7, 11) is 0. The zero-order valence-electron chi connectivity index (χ0n) is 14.4. The van der Waals surface area contributed by atoms with Crippen molar-refractivity contribution in [2.24, 2.45) is 23.5 Å². The average molecular weight is 408 g/mol. The predicted octanol–water partition coefficient (Wildman–Crippen LogP) is 3.51. The largest absolute Gasteiger partial charge is 0.504 e. The number of fused-ring (bicyclic) bond motifs is 1. The van der Waals surface area contributed by atoms with Gasteiger partial charge in [-0.2, -0.15) is 0 Å². The number of phenolic OH excluding ortho intramolecular Hbond substituents is 2. The van der Waals surface area contributed by atoms with Crippen LogP contribution in [0.2, 0.25) is 0 Å². The summed E-state index contributed by atoms with van der Waals surface area (Å²) in [6.45, 7) is 0.952. The highest BCUT2D eigenvalue weighted by Gasteiger charge is 2.58. The van der Waals surface area contributed by atoms with E-state index in [-0.39, 0.29) is 23.0 Å². The highest BCUT2D eigenvalue weighted by molar-refractivity contribution is 9.09. The van der Waals surface area contributed by atoms with Crippen LogP contribution in [0.15, 0.2) is 6.07 Å². The van der Waals surface area contributed by atoms with Gasteiger partial charge in [-0.15, -0.1) is 0 Å². The first-order valence-electron chi connectivity index (χ1n) is 9.57. The minimum absolute atomic E-state index is 0.0156. The molecule has 1 aromatic carbocycles. The highest BCUT2D eigenvalue weighted by atomic mass is 79.9. The molecule has 6 rings (SSSR count). The SMILES string of the molecule is NCC1OCCc2c(O)c(O)cc(C34CC5CC(CC(C5)C3Br)C4)c21. The van der Waals surface area contributed by atoms with Gasteiger partial charge >= 0.3 is 0 Å². The van der Waals surface area contributed by atoms with Crippen LogP contribution < -0.4 is 5.73 Å². The van der Waals surface area contributed by atoms with Gasteiger partial charge in [-0.05, 0) is 73.5 Å². The number of rotatable bonds is 2. The van der Waals surface area contributed by atoms with Crippen LogP contribution in [0.4, 0.5) is 0 Å². The molecular weight excluding hydrogens is 382 g/mol. The molecule has 0 saturated heterocycles. The number of benzene rings is 1. The number of alkyl halides is 1. The number of phenols is 2. The molecule has 4 atom stereocenters. The van der Waals surface area contributed by atoms with Crippen molar-refractivity contribution < 1.29 is 14.9 Å². The standard InChI is InChI=1S/C20H26BrNO3/c21-19-12-4-10-3-11(5-12)8-20(19,7-10)14-6-15(23)18(24)13-1-2-25-16(9-22)17(13)14/h6,10-12,16,19,23-24H,1-5,7-9,22H2. The van der Waals surface area contributed by atoms with Crippen LogP contribution in [0.25, 0.3) is 0 Å². The lowest BCUT2D eigenvalue weighted by Crippen LogP contribution is -2.56. The Hall–Kier alpha value is -0.780. The molecule has 0 spiro atoms. The van der Waals surface area contributed by atoms with Gasteiger partial charge in [0.2, 0.25) is 0 Å². The monoisotopic (exact) mass is 407 g/mol. The van der Waals surface area contributed by atoms with E-state index in [2.05, 4.69) is 15.9 Å². The Morgan fingerprint density at radius 3 is 2.60 bits per heavy atom. The number of aromatic hydroxyl groups is 2. The summed E-state index contributed by atoms with van der Waals surface area (Å²) in [6, 6.07) is 1.83. The molecule has 1 aromatic rings. The third kappa shape index (κ3) is 2.18. The highest BCUT2D eigenvalue weighted by Crippen LogP contribution is 2.64. The fourth-order valence-electron chi connectivity index (χ4n) is 6.68. The van der Waals surface area contributed by atoms with E-state index in [4.69, 9.17) is 10.5 Å². The molecule has 4 bridgehead atoms. The van der Waals surface area contributed by atoms with Gasteiger partial charge in [0.1, 0.15) is 0 Å². The first-order chi connectivity index (χ1) is 12.0. The van der Waals surface area contributed by atoms with Gasteiger partial charge in [0.15, 0.2) is 11.5 Å². The minimum atomic E-state index is -0.182. The molecule has 25 heavy (non-hydrogen) atoms. The van der Waals surface area contributed by atoms with Crippen LogP contribution in [-0.4, -0.2) is 28.2 Å². The fourth-order valence-corrected chi connectivity index (χ4v) is 7.73. The summed E-state index contributed by atoms with van der Waals surface area (Å²) in [5, 5.41) is 20.9. The summed E-state index contributed by atoms with van der Waals surface area (Å²) in [4.78, 5) is 0.432. The van der Waals surface area contributed by atoms with Crippen molar-refractivity contribution in [2.75, 3.05) is 13.2 Å². The molecule has 0 amide bonds. The summed E-state index contributed by atoms with van der Waals surface area (Å²) in [5.41, 5.74) is 9.17. The van der Waals surface area contributed by atoms with Crippen molar-refractivity contribution in [2.45, 2.75) is 54.9 Å². The molecule has 4 aliphatic carbocycles. The molecule has 5 heteroatoms. The molecule has 4 nitrogen and oxygen atoms in total. The van der Waals surface area contributed by atoms with Crippen molar-refractivity contribution in [3.8, 4) is 11.5 Å². The Labute approximate surface area is 156 Å². The molecule has 136 valence electrons. The maximum Gasteiger partial charge on any atom is 0.161 e. The molecule has 4 unspecified atom stereocenters. The van der Waals surface area contributed by atoms with Crippen molar-refractivity contribution in [1.82, 2.24) is 0 Å². The Kier molecular flexibility index (Phi) is 3.68. The fraction of sp³-hybridized carbons (Fsp3) is 0.700.